The molecule has 2 rings (SSSR count). The lowest BCUT2D eigenvalue weighted by Crippen LogP contribution is -2.30. The van der Waals surface area contributed by atoms with Crippen molar-refractivity contribution in [2.75, 3.05) is 6.54 Å². The number of carbonyl (C=O) groups is 1. The molecule has 5 nitrogen and oxygen atoms in total. The fraction of sp³-hybridized carbons (Fsp3) is 0.571. The van der Waals surface area contributed by atoms with Gasteiger partial charge in [0, 0.05) is 0 Å². The molecule has 0 amide bonds. The van der Waals surface area contributed by atoms with Crippen LogP contribution in [0.4, 0.5) is 0 Å². The minimum absolute atomic E-state index is 0.0428. The van der Waals surface area contributed by atoms with Crippen LogP contribution < -0.4 is 5.32 Å². The van der Waals surface area contributed by atoms with E-state index in [0.29, 0.717) is 5.69 Å². The summed E-state index contributed by atoms with van der Waals surface area (Å²) in [7, 11) is 0. The van der Waals surface area contributed by atoms with Gasteiger partial charge in [0.2, 0.25) is 5.78 Å². The number of carbonyl (C=O) groups excluding carboxylic acids is 1. The number of Topliss-reactive ketones (excluding diaryl/α,β-unsaturated/α-hetero) is 1. The second kappa shape index (κ2) is 3.02. The number of nitrogens with one attached hydrogen (secondary N) is 2. The van der Waals surface area contributed by atoms with E-state index in [1.54, 1.807) is 0 Å². The second-order valence-electron chi connectivity index (χ2n) is 2.87. The Morgan fingerprint density at radius 1 is 1.67 bits per heavy atom. The molecule has 1 unspecified atom stereocenters. The van der Waals surface area contributed by atoms with Crippen molar-refractivity contribution in [2.24, 2.45) is 0 Å². The second-order valence-corrected chi connectivity index (χ2v) is 2.87. The lowest BCUT2D eigenvalue weighted by molar-refractivity contribution is 0.0947. The molecule has 0 aliphatic carbocycles. The average molecular weight is 166 g/mol. The molecular formula is C7H10N4O. The van der Waals surface area contributed by atoms with Gasteiger partial charge in [-0.15, -0.1) is 0 Å². The average Bonchev–Trinajstić information content (AvgIpc) is 2.77. The molecule has 0 aromatic carbocycles. The van der Waals surface area contributed by atoms with Gasteiger partial charge < -0.3 is 5.32 Å². The first-order valence-electron chi connectivity index (χ1n) is 4.01. The van der Waals surface area contributed by atoms with Crippen LogP contribution in [-0.2, 0) is 0 Å². The Morgan fingerprint density at radius 3 is 3.17 bits per heavy atom. The summed E-state index contributed by atoms with van der Waals surface area (Å²) in [6, 6.07) is -0.0462. The molecule has 0 bridgehead atoms. The highest BCUT2D eigenvalue weighted by molar-refractivity contribution is 5.98. The highest BCUT2D eigenvalue weighted by atomic mass is 16.1. The van der Waals surface area contributed by atoms with Crippen LogP contribution in [-0.4, -0.2) is 33.8 Å². The van der Waals surface area contributed by atoms with Crippen molar-refractivity contribution in [2.45, 2.75) is 18.9 Å². The molecule has 2 N–H and O–H groups in total. The van der Waals surface area contributed by atoms with Gasteiger partial charge in [-0.25, -0.2) is 0 Å². The van der Waals surface area contributed by atoms with Crippen molar-refractivity contribution in [1.29, 1.82) is 0 Å². The highest BCUT2D eigenvalue weighted by Crippen LogP contribution is 2.09. The number of H-pyrrole nitrogens is 1. The summed E-state index contributed by atoms with van der Waals surface area (Å²) in [5.74, 6) is 0.0428. The molecule has 1 aliphatic rings. The predicted octanol–water partition coefficient (Wildman–Crippen LogP) is -0.261. The Hall–Kier alpha value is -1.23. The summed E-state index contributed by atoms with van der Waals surface area (Å²) in [5.41, 5.74) is 0.425. The van der Waals surface area contributed by atoms with Crippen molar-refractivity contribution < 1.29 is 4.79 Å². The van der Waals surface area contributed by atoms with Gasteiger partial charge in [-0.1, -0.05) is 0 Å². The van der Waals surface area contributed by atoms with Gasteiger partial charge in [-0.05, 0) is 19.4 Å². The quantitative estimate of drug-likeness (QED) is 0.594. The first-order chi connectivity index (χ1) is 5.88. The third-order valence-electron chi connectivity index (χ3n) is 2.04. The van der Waals surface area contributed by atoms with E-state index in [-0.39, 0.29) is 11.8 Å². The molecular weight excluding hydrogens is 156 g/mol. The van der Waals surface area contributed by atoms with Crippen molar-refractivity contribution in [1.82, 2.24) is 20.7 Å². The van der Waals surface area contributed by atoms with Gasteiger partial charge in [0.25, 0.3) is 0 Å². The Morgan fingerprint density at radius 2 is 2.58 bits per heavy atom. The lowest BCUT2D eigenvalue weighted by Gasteiger charge is -2.04. The van der Waals surface area contributed by atoms with E-state index in [9.17, 15) is 4.79 Å². The zero-order valence-electron chi connectivity index (χ0n) is 6.58. The van der Waals surface area contributed by atoms with Gasteiger partial charge >= 0.3 is 0 Å². The molecule has 1 fully saturated rings. The number of hydrogen-bond donors (Lipinski definition) is 2. The first kappa shape index (κ1) is 7.42. The molecule has 1 saturated heterocycles. The molecule has 1 aromatic heterocycles. The molecule has 1 aliphatic heterocycles. The van der Waals surface area contributed by atoms with Crippen LogP contribution in [0.1, 0.15) is 23.3 Å². The SMILES string of the molecule is O=C(c1cn[nH]n1)C1CCCN1. The smallest absolute Gasteiger partial charge is 0.201 e. The number of aromatic amines is 1. The van der Waals surface area contributed by atoms with Gasteiger partial charge in [0.05, 0.1) is 12.2 Å². The molecule has 64 valence electrons. The summed E-state index contributed by atoms with van der Waals surface area (Å²) in [6.45, 7) is 0.925. The molecule has 1 aromatic rings. The maximum atomic E-state index is 11.5. The fourth-order valence-electron chi connectivity index (χ4n) is 1.41. The Labute approximate surface area is 69.5 Å². The van der Waals surface area contributed by atoms with Crippen LogP contribution in [0.2, 0.25) is 0 Å². The van der Waals surface area contributed by atoms with E-state index in [2.05, 4.69) is 20.7 Å². The standard InChI is InChI=1S/C7H10N4O/c12-7(5-2-1-3-8-5)6-4-9-11-10-6/h4-5,8H,1-3H2,(H,9,10,11). The van der Waals surface area contributed by atoms with E-state index >= 15 is 0 Å². The molecule has 1 atom stereocenters. The molecule has 5 heteroatoms. The van der Waals surface area contributed by atoms with Gasteiger partial charge in [0.15, 0.2) is 0 Å². The monoisotopic (exact) mass is 166 g/mol. The van der Waals surface area contributed by atoms with Gasteiger partial charge in [-0.3, -0.25) is 4.79 Å². The Kier molecular flexibility index (Phi) is 1.87. The van der Waals surface area contributed by atoms with Crippen LogP contribution in [0, 0.1) is 0 Å². The summed E-state index contributed by atoms with van der Waals surface area (Å²) >= 11 is 0. The summed E-state index contributed by atoms with van der Waals surface area (Å²) in [4.78, 5) is 11.5. The third kappa shape index (κ3) is 1.23. The van der Waals surface area contributed by atoms with Crippen LogP contribution in [0.25, 0.3) is 0 Å². The fourth-order valence-corrected chi connectivity index (χ4v) is 1.41. The molecule has 2 heterocycles. The van der Waals surface area contributed by atoms with Crippen LogP contribution in [0.5, 0.6) is 0 Å². The number of rotatable bonds is 2. The van der Waals surface area contributed by atoms with Crippen LogP contribution >= 0.6 is 0 Å². The van der Waals surface area contributed by atoms with Crippen molar-refractivity contribution in [3.05, 3.63) is 11.9 Å². The number of nitrogens with zero attached hydrogens (tertiary/aromatic N) is 2. The maximum Gasteiger partial charge on any atom is 0.201 e. The van der Waals surface area contributed by atoms with E-state index in [4.69, 9.17) is 0 Å². The molecule has 0 saturated carbocycles. The summed E-state index contributed by atoms with van der Waals surface area (Å²) < 4.78 is 0. The predicted molar refractivity (Wildman–Crippen MR) is 41.7 cm³/mol. The largest absolute Gasteiger partial charge is 0.307 e. The van der Waals surface area contributed by atoms with Gasteiger partial charge in [0.1, 0.15) is 5.69 Å². The summed E-state index contributed by atoms with van der Waals surface area (Å²) in [6.07, 6.45) is 3.43. The van der Waals surface area contributed by atoms with Crippen LogP contribution in [0.3, 0.4) is 0 Å². The zero-order chi connectivity index (χ0) is 8.39. The van der Waals surface area contributed by atoms with Crippen molar-refractivity contribution in [3.8, 4) is 0 Å². The minimum atomic E-state index is -0.0462. The molecule has 0 spiro atoms. The molecule has 0 radical (unpaired) electrons. The van der Waals surface area contributed by atoms with Crippen LogP contribution in [0.15, 0.2) is 6.20 Å². The van der Waals surface area contributed by atoms with Gasteiger partial charge in [-0.2, -0.15) is 15.4 Å². The van der Waals surface area contributed by atoms with E-state index in [1.807, 2.05) is 0 Å². The maximum absolute atomic E-state index is 11.5. The normalized spacial score (nSPS) is 22.8. The lowest BCUT2D eigenvalue weighted by atomic mass is 10.1. The number of aromatic nitrogens is 3. The minimum Gasteiger partial charge on any atom is -0.307 e. The zero-order valence-corrected chi connectivity index (χ0v) is 6.58. The van der Waals surface area contributed by atoms with Crippen molar-refractivity contribution in [3.63, 3.8) is 0 Å². The number of hydrogen-bond acceptors (Lipinski definition) is 4. The summed E-state index contributed by atoms with van der Waals surface area (Å²) in [5, 5.41) is 12.9. The number of ketones is 1. The van der Waals surface area contributed by atoms with Crippen molar-refractivity contribution >= 4 is 5.78 Å². The van der Waals surface area contributed by atoms with E-state index in [1.165, 1.54) is 6.20 Å². The van der Waals surface area contributed by atoms with E-state index in [0.717, 1.165) is 19.4 Å². The van der Waals surface area contributed by atoms with E-state index < -0.39 is 0 Å². The molecule has 12 heavy (non-hydrogen) atoms. The Balaban J connectivity index is 2.09. The topological polar surface area (TPSA) is 70.7 Å². The Bertz CT molecular complexity index is 263. The third-order valence-corrected chi connectivity index (χ3v) is 2.04. The first-order valence-corrected chi connectivity index (χ1v) is 4.01. The highest BCUT2D eigenvalue weighted by Gasteiger charge is 2.24.